The third kappa shape index (κ3) is 3.85. The molecule has 2 heterocycles. The van der Waals surface area contributed by atoms with Crippen LogP contribution in [-0.2, 0) is 16.1 Å². The summed E-state index contributed by atoms with van der Waals surface area (Å²) < 4.78 is 23.2. The Morgan fingerprint density at radius 1 is 1.03 bits per heavy atom. The third-order valence-corrected chi connectivity index (χ3v) is 6.20. The van der Waals surface area contributed by atoms with Crippen molar-refractivity contribution in [3.8, 4) is 5.69 Å². The summed E-state index contributed by atoms with van der Waals surface area (Å²) in [5.74, 6) is -0.668. The summed E-state index contributed by atoms with van der Waals surface area (Å²) in [7, 11) is 0. The summed E-state index contributed by atoms with van der Waals surface area (Å²) in [5.41, 5.74) is 2.62. The molecule has 1 aliphatic rings. The Morgan fingerprint density at radius 3 is 2.69 bits per heavy atom. The molecule has 0 saturated heterocycles. The van der Waals surface area contributed by atoms with Crippen LogP contribution in [0.2, 0.25) is 0 Å². The molecule has 3 aromatic carbocycles. The molecule has 4 aromatic rings. The van der Waals surface area contributed by atoms with Crippen molar-refractivity contribution in [3.63, 3.8) is 0 Å². The van der Waals surface area contributed by atoms with Gasteiger partial charge in [-0.25, -0.2) is 9.37 Å². The smallest absolute Gasteiger partial charge is 0.266 e. The number of rotatable bonds is 5. The number of carbonyl (C=O) groups excluding carboxylic acids is 1. The Bertz CT molecular complexity index is 1490. The molecule has 0 saturated carbocycles. The second kappa shape index (κ2) is 8.48. The van der Waals surface area contributed by atoms with Gasteiger partial charge in [-0.2, -0.15) is 8.73 Å². The quantitative estimate of drug-likeness (QED) is 0.294. The predicted molar refractivity (Wildman–Crippen MR) is 125 cm³/mol. The van der Waals surface area contributed by atoms with E-state index in [1.165, 1.54) is 28.8 Å². The molecule has 158 valence electrons. The van der Waals surface area contributed by atoms with Crippen LogP contribution in [0.1, 0.15) is 0 Å². The van der Waals surface area contributed by atoms with Gasteiger partial charge in [-0.3, -0.25) is 14.2 Å². The first kappa shape index (κ1) is 20.3. The first-order valence-corrected chi connectivity index (χ1v) is 11.2. The largest absolute Gasteiger partial charge is 0.323 e. The fourth-order valence-corrected chi connectivity index (χ4v) is 4.61. The highest BCUT2D eigenvalue weighted by Gasteiger charge is 2.17. The Balaban J connectivity index is 1.46. The van der Waals surface area contributed by atoms with Crippen LogP contribution in [0, 0.1) is 5.82 Å². The molecule has 0 fully saturated rings. The van der Waals surface area contributed by atoms with Crippen LogP contribution in [-0.4, -0.2) is 21.2 Å². The van der Waals surface area contributed by atoms with Crippen molar-refractivity contribution in [3.05, 3.63) is 82.9 Å². The molecule has 1 aromatic heterocycles. The van der Waals surface area contributed by atoms with Crippen molar-refractivity contribution in [2.24, 2.45) is 8.73 Å². The maximum atomic E-state index is 13.4. The number of benzene rings is 3. The molecule has 0 aliphatic carbocycles. The maximum Gasteiger partial charge on any atom is 0.266 e. The van der Waals surface area contributed by atoms with Gasteiger partial charge in [0.25, 0.3) is 5.56 Å². The minimum atomic E-state index is -0.408. The Hall–Kier alpha value is -3.63. The number of amides is 1. The van der Waals surface area contributed by atoms with E-state index in [0.29, 0.717) is 38.8 Å². The van der Waals surface area contributed by atoms with Gasteiger partial charge in [0.2, 0.25) is 5.91 Å². The molecule has 1 amide bonds. The fraction of sp³-hybridized carbons (Fsp3) is 0.0455. The van der Waals surface area contributed by atoms with Crippen LogP contribution in [0.15, 0.2) is 85.4 Å². The summed E-state index contributed by atoms with van der Waals surface area (Å²) in [6.45, 7) is 0. The van der Waals surface area contributed by atoms with Gasteiger partial charge in [-0.15, -0.1) is 0 Å². The van der Waals surface area contributed by atoms with E-state index in [1.807, 2.05) is 6.07 Å². The monoisotopic (exact) mass is 463 g/mol. The van der Waals surface area contributed by atoms with E-state index in [9.17, 15) is 14.0 Å². The molecular weight excluding hydrogens is 449 g/mol. The number of para-hydroxylation sites is 1. The zero-order chi connectivity index (χ0) is 22.1. The highest BCUT2D eigenvalue weighted by Crippen LogP contribution is 2.38. The zero-order valence-electron chi connectivity index (χ0n) is 16.4. The molecule has 32 heavy (non-hydrogen) atoms. The maximum absolute atomic E-state index is 13.4. The SMILES string of the molecule is O=C(CSc1nc2ccccc2c(=O)n1-c1ccc(F)cc1)Nc1cccc2c1N=S=N2. The molecule has 5 rings (SSSR count). The number of aromatic nitrogens is 2. The third-order valence-electron chi connectivity index (χ3n) is 4.72. The normalized spacial score (nSPS) is 11.9. The van der Waals surface area contributed by atoms with Crippen LogP contribution in [0.4, 0.5) is 21.5 Å². The van der Waals surface area contributed by atoms with Crippen molar-refractivity contribution >= 4 is 57.0 Å². The first-order valence-electron chi connectivity index (χ1n) is 9.52. The minimum absolute atomic E-state index is 0.0138. The lowest BCUT2D eigenvalue weighted by Crippen LogP contribution is -2.23. The lowest BCUT2D eigenvalue weighted by Gasteiger charge is -2.13. The standard InChI is InChI=1S/C22H14FN5O2S2/c23-13-8-10-14(11-9-13)28-21(30)15-4-1-2-5-16(15)25-22(28)31-12-19(29)24-17-6-3-7-18-20(17)27-32-26-18/h1-11H,12H2,(H,24,29). The number of thioether (sulfide) groups is 1. The van der Waals surface area contributed by atoms with E-state index in [1.54, 1.807) is 36.4 Å². The van der Waals surface area contributed by atoms with E-state index < -0.39 is 5.82 Å². The van der Waals surface area contributed by atoms with Crippen LogP contribution >= 0.6 is 11.8 Å². The molecule has 0 unspecified atom stereocenters. The second-order valence-electron chi connectivity index (χ2n) is 6.80. The van der Waals surface area contributed by atoms with Crippen molar-refractivity contribution in [1.29, 1.82) is 0 Å². The second-order valence-corrected chi connectivity index (χ2v) is 8.27. The van der Waals surface area contributed by atoms with Gasteiger partial charge in [0.15, 0.2) is 5.16 Å². The predicted octanol–water partition coefficient (Wildman–Crippen LogP) is 4.98. The van der Waals surface area contributed by atoms with Crippen molar-refractivity contribution < 1.29 is 9.18 Å². The number of nitrogens with zero attached hydrogens (tertiary/aromatic N) is 4. The molecule has 10 heteroatoms. The number of fused-ring (bicyclic) bond motifs is 2. The fourth-order valence-electron chi connectivity index (χ4n) is 3.25. The molecule has 1 N–H and O–H groups in total. The van der Waals surface area contributed by atoms with Gasteiger partial charge in [0, 0.05) is 0 Å². The molecule has 0 atom stereocenters. The molecule has 0 bridgehead atoms. The molecule has 0 spiro atoms. The van der Waals surface area contributed by atoms with Crippen LogP contribution < -0.4 is 10.9 Å². The topological polar surface area (TPSA) is 88.7 Å². The zero-order valence-corrected chi connectivity index (χ0v) is 18.0. The Labute approximate surface area is 189 Å². The number of anilines is 1. The van der Waals surface area contributed by atoms with E-state index in [4.69, 9.17) is 0 Å². The molecule has 1 aliphatic heterocycles. The average Bonchev–Trinajstić information content (AvgIpc) is 3.29. The van der Waals surface area contributed by atoms with Crippen LogP contribution in [0.3, 0.4) is 0 Å². The Morgan fingerprint density at radius 2 is 1.84 bits per heavy atom. The average molecular weight is 464 g/mol. The van der Waals surface area contributed by atoms with Crippen molar-refractivity contribution in [2.75, 3.05) is 11.1 Å². The van der Waals surface area contributed by atoms with Gasteiger partial charge in [-0.05, 0) is 48.5 Å². The van der Waals surface area contributed by atoms with E-state index in [-0.39, 0.29) is 17.2 Å². The number of hydrogen-bond acceptors (Lipinski definition) is 6. The highest BCUT2D eigenvalue weighted by molar-refractivity contribution is 7.99. The Kier molecular flexibility index (Phi) is 5.38. The van der Waals surface area contributed by atoms with Gasteiger partial charge in [0.1, 0.15) is 17.2 Å². The first-order chi connectivity index (χ1) is 15.6. The van der Waals surface area contributed by atoms with Gasteiger partial charge in [0.05, 0.1) is 39.4 Å². The molecule has 0 radical (unpaired) electrons. The molecule has 7 nitrogen and oxygen atoms in total. The summed E-state index contributed by atoms with van der Waals surface area (Å²) >= 11 is 2.20. The lowest BCUT2D eigenvalue weighted by atomic mass is 10.2. The summed E-state index contributed by atoms with van der Waals surface area (Å²) in [6, 6.07) is 17.9. The van der Waals surface area contributed by atoms with E-state index >= 15 is 0 Å². The van der Waals surface area contributed by atoms with Gasteiger partial charge in [-0.1, -0.05) is 30.0 Å². The lowest BCUT2D eigenvalue weighted by molar-refractivity contribution is -0.113. The van der Waals surface area contributed by atoms with Gasteiger partial charge < -0.3 is 5.32 Å². The van der Waals surface area contributed by atoms with Crippen molar-refractivity contribution in [1.82, 2.24) is 9.55 Å². The van der Waals surface area contributed by atoms with Crippen LogP contribution in [0.5, 0.6) is 0 Å². The molecular formula is C22H14FN5O2S2. The summed E-state index contributed by atoms with van der Waals surface area (Å²) in [4.78, 5) is 30.4. The van der Waals surface area contributed by atoms with Gasteiger partial charge >= 0.3 is 0 Å². The van der Waals surface area contributed by atoms with E-state index in [0.717, 1.165) is 23.1 Å². The van der Waals surface area contributed by atoms with Crippen molar-refractivity contribution in [2.45, 2.75) is 5.16 Å². The highest BCUT2D eigenvalue weighted by atomic mass is 32.2. The van der Waals surface area contributed by atoms with Crippen LogP contribution in [0.25, 0.3) is 16.6 Å². The number of hydrogen-bond donors (Lipinski definition) is 1. The van der Waals surface area contributed by atoms with E-state index in [2.05, 4.69) is 19.0 Å². The minimum Gasteiger partial charge on any atom is -0.323 e. The summed E-state index contributed by atoms with van der Waals surface area (Å²) in [5, 5.41) is 3.61. The number of halogens is 1. The summed E-state index contributed by atoms with van der Waals surface area (Å²) in [6.07, 6.45) is 0. The number of carbonyl (C=O) groups is 1. The number of nitrogens with one attached hydrogen (secondary N) is 1.